The molecule has 0 aliphatic carbocycles. The van der Waals surface area contributed by atoms with Crippen LogP contribution >= 0.6 is 8.58 Å². The molecule has 0 saturated heterocycles. The van der Waals surface area contributed by atoms with E-state index in [9.17, 15) is 0 Å². The Morgan fingerprint density at radius 1 is 1.00 bits per heavy atom. The van der Waals surface area contributed by atoms with Crippen molar-refractivity contribution in [3.63, 3.8) is 0 Å². The molecule has 1 rings (SSSR count). The number of unbranched alkanes of at least 4 members (excludes halogenated alkanes) is 1. The highest BCUT2D eigenvalue weighted by Crippen LogP contribution is 2.12. The summed E-state index contributed by atoms with van der Waals surface area (Å²) in [7, 11) is 1.00. The quantitative estimate of drug-likeness (QED) is 0.625. The average Bonchev–Trinajstić information content (AvgIpc) is 2.25. The lowest BCUT2D eigenvalue weighted by atomic mass is 10.1. The highest BCUT2D eigenvalue weighted by Gasteiger charge is 1.94. The monoisotopic (exact) mass is 208 g/mol. The van der Waals surface area contributed by atoms with Crippen molar-refractivity contribution in [1.29, 1.82) is 0 Å². The van der Waals surface area contributed by atoms with Crippen LogP contribution in [0, 0.1) is 0 Å². The van der Waals surface area contributed by atoms with Gasteiger partial charge in [-0.15, -0.1) is 0 Å². The molecule has 0 spiro atoms. The van der Waals surface area contributed by atoms with Gasteiger partial charge in [0.05, 0.1) is 0 Å². The molecule has 0 aromatic heterocycles. The second kappa shape index (κ2) is 7.01. The van der Waals surface area contributed by atoms with Crippen LogP contribution in [0.15, 0.2) is 24.3 Å². The molecule has 0 bridgehead atoms. The van der Waals surface area contributed by atoms with Crippen molar-refractivity contribution in [2.75, 3.05) is 6.16 Å². The molecule has 0 radical (unpaired) electrons. The van der Waals surface area contributed by atoms with Gasteiger partial charge in [0.1, 0.15) is 0 Å². The van der Waals surface area contributed by atoms with Crippen molar-refractivity contribution in [3.8, 4) is 0 Å². The molecule has 78 valence electrons. The summed E-state index contributed by atoms with van der Waals surface area (Å²) in [5, 5.41) is 1.52. The lowest BCUT2D eigenvalue weighted by Gasteiger charge is -2.03. The van der Waals surface area contributed by atoms with Crippen LogP contribution in [0.1, 0.15) is 38.7 Å². The molecule has 1 aromatic carbocycles. The Morgan fingerprint density at radius 3 is 2.29 bits per heavy atom. The molecule has 0 heterocycles. The third-order valence-corrected chi connectivity index (χ3v) is 3.84. The van der Waals surface area contributed by atoms with Gasteiger partial charge in [0.15, 0.2) is 0 Å². The first-order valence-corrected chi connectivity index (χ1v) is 6.90. The summed E-state index contributed by atoms with van der Waals surface area (Å²) in [6, 6.07) is 9.21. The van der Waals surface area contributed by atoms with Gasteiger partial charge in [-0.3, -0.25) is 0 Å². The van der Waals surface area contributed by atoms with E-state index >= 15 is 0 Å². The number of aryl methyl sites for hydroxylation is 1. The normalized spacial score (nSPS) is 11.3. The molecule has 0 fully saturated rings. The minimum absolute atomic E-state index is 1.00. The Hall–Kier alpha value is -0.350. The third-order valence-electron chi connectivity index (χ3n) is 2.35. The van der Waals surface area contributed by atoms with E-state index in [1.807, 2.05) is 0 Å². The minimum atomic E-state index is 1.00. The largest absolute Gasteiger partial charge is 0.0904 e. The van der Waals surface area contributed by atoms with Gasteiger partial charge in [-0.2, -0.15) is 0 Å². The second-order valence-electron chi connectivity index (χ2n) is 3.73. The van der Waals surface area contributed by atoms with Crippen molar-refractivity contribution >= 4 is 13.9 Å². The lowest BCUT2D eigenvalue weighted by Crippen LogP contribution is -1.95. The van der Waals surface area contributed by atoms with Gasteiger partial charge in [-0.25, -0.2) is 0 Å². The Morgan fingerprint density at radius 2 is 1.71 bits per heavy atom. The standard InChI is InChI=1S/C13H21P/c1-3-5-6-12-7-9-13(10-8-12)14-11-4-2/h7-10,14H,3-6,11H2,1-2H3. The zero-order valence-corrected chi connectivity index (χ0v) is 10.3. The van der Waals surface area contributed by atoms with E-state index in [-0.39, 0.29) is 0 Å². The van der Waals surface area contributed by atoms with E-state index in [0.717, 1.165) is 8.58 Å². The fourth-order valence-corrected chi connectivity index (χ4v) is 2.38. The Balaban J connectivity index is 2.42. The van der Waals surface area contributed by atoms with Gasteiger partial charge >= 0.3 is 0 Å². The SMILES string of the molecule is CCCCc1ccc(PCCC)cc1. The maximum absolute atomic E-state index is 2.30. The third kappa shape index (κ3) is 4.24. The van der Waals surface area contributed by atoms with Crippen LogP contribution in [0.3, 0.4) is 0 Å². The first-order valence-electron chi connectivity index (χ1n) is 5.69. The smallest absolute Gasteiger partial charge is 0.0271 e. The number of hydrogen-bond donors (Lipinski definition) is 0. The van der Waals surface area contributed by atoms with Crippen molar-refractivity contribution < 1.29 is 0 Å². The first-order chi connectivity index (χ1) is 6.86. The van der Waals surface area contributed by atoms with Crippen LogP contribution in [-0.2, 0) is 6.42 Å². The van der Waals surface area contributed by atoms with Crippen LogP contribution in [0.4, 0.5) is 0 Å². The molecule has 14 heavy (non-hydrogen) atoms. The second-order valence-corrected chi connectivity index (χ2v) is 5.16. The zero-order valence-electron chi connectivity index (χ0n) is 9.34. The molecule has 0 saturated carbocycles. The number of rotatable bonds is 6. The van der Waals surface area contributed by atoms with Gasteiger partial charge in [-0.05, 0) is 29.9 Å². The van der Waals surface area contributed by atoms with Gasteiger partial charge < -0.3 is 0 Å². The van der Waals surface area contributed by atoms with Crippen LogP contribution in [0.25, 0.3) is 0 Å². The number of benzene rings is 1. The minimum Gasteiger partial charge on any atom is -0.0904 e. The van der Waals surface area contributed by atoms with E-state index in [2.05, 4.69) is 38.1 Å². The van der Waals surface area contributed by atoms with Gasteiger partial charge in [0.2, 0.25) is 0 Å². The highest BCUT2D eigenvalue weighted by molar-refractivity contribution is 7.47. The van der Waals surface area contributed by atoms with Crippen molar-refractivity contribution in [2.24, 2.45) is 0 Å². The number of hydrogen-bond acceptors (Lipinski definition) is 0. The summed E-state index contributed by atoms with van der Waals surface area (Å²) in [5.41, 5.74) is 1.50. The summed E-state index contributed by atoms with van der Waals surface area (Å²) in [6.07, 6.45) is 6.49. The van der Waals surface area contributed by atoms with Crippen LogP contribution in [-0.4, -0.2) is 6.16 Å². The van der Waals surface area contributed by atoms with Gasteiger partial charge in [0.25, 0.3) is 0 Å². The first kappa shape index (κ1) is 11.7. The molecule has 0 aliphatic heterocycles. The van der Waals surface area contributed by atoms with Crippen LogP contribution in [0.5, 0.6) is 0 Å². The lowest BCUT2D eigenvalue weighted by molar-refractivity contribution is 0.795. The predicted molar refractivity (Wildman–Crippen MR) is 68.2 cm³/mol. The maximum atomic E-state index is 2.30. The van der Waals surface area contributed by atoms with Crippen molar-refractivity contribution in [3.05, 3.63) is 29.8 Å². The van der Waals surface area contributed by atoms with Crippen molar-refractivity contribution in [2.45, 2.75) is 39.5 Å². The van der Waals surface area contributed by atoms with E-state index in [4.69, 9.17) is 0 Å². The van der Waals surface area contributed by atoms with Gasteiger partial charge in [-0.1, -0.05) is 59.5 Å². The topological polar surface area (TPSA) is 0 Å². The van der Waals surface area contributed by atoms with E-state index in [1.165, 1.54) is 42.7 Å². The summed E-state index contributed by atoms with van der Waals surface area (Å²) < 4.78 is 0. The summed E-state index contributed by atoms with van der Waals surface area (Å²) >= 11 is 0. The van der Waals surface area contributed by atoms with E-state index in [1.54, 1.807) is 0 Å². The van der Waals surface area contributed by atoms with Crippen LogP contribution < -0.4 is 5.30 Å². The Bertz CT molecular complexity index is 211. The molecule has 1 unspecified atom stereocenters. The highest BCUT2D eigenvalue weighted by atomic mass is 31.1. The predicted octanol–water partition coefficient (Wildman–Crippen LogP) is 3.74. The van der Waals surface area contributed by atoms with Crippen LogP contribution in [0.2, 0.25) is 0 Å². The Labute approximate surface area is 89.9 Å². The Kier molecular flexibility index (Phi) is 5.87. The average molecular weight is 208 g/mol. The van der Waals surface area contributed by atoms with Crippen molar-refractivity contribution in [1.82, 2.24) is 0 Å². The maximum Gasteiger partial charge on any atom is -0.0271 e. The molecule has 0 aliphatic rings. The molecular weight excluding hydrogens is 187 g/mol. The fraction of sp³-hybridized carbons (Fsp3) is 0.538. The molecule has 0 amide bonds. The molecule has 1 atom stereocenters. The van der Waals surface area contributed by atoms with E-state index in [0.29, 0.717) is 0 Å². The fourth-order valence-electron chi connectivity index (χ4n) is 1.44. The molecule has 0 nitrogen and oxygen atoms in total. The molecular formula is C13H21P. The molecule has 0 N–H and O–H groups in total. The van der Waals surface area contributed by atoms with Gasteiger partial charge in [0, 0.05) is 0 Å². The zero-order chi connectivity index (χ0) is 10.2. The summed E-state index contributed by atoms with van der Waals surface area (Å²) in [5.74, 6) is 0. The molecule has 1 heteroatoms. The summed E-state index contributed by atoms with van der Waals surface area (Å²) in [4.78, 5) is 0. The molecule has 1 aromatic rings. The van der Waals surface area contributed by atoms with E-state index < -0.39 is 0 Å². The summed E-state index contributed by atoms with van der Waals surface area (Å²) in [6.45, 7) is 4.50.